The molecule has 3 fully saturated rings. The van der Waals surface area contributed by atoms with E-state index in [0.717, 1.165) is 4.90 Å². The predicted octanol–water partition coefficient (Wildman–Crippen LogP) is 5.89. The van der Waals surface area contributed by atoms with Crippen molar-refractivity contribution in [1.82, 2.24) is 10.2 Å². The Balaban J connectivity index is 1.73. The number of esters is 1. The third-order valence-electron chi connectivity index (χ3n) is 14.7. The number of piperidine rings is 1. The lowest BCUT2D eigenvalue weighted by molar-refractivity contribution is -0.264. The van der Waals surface area contributed by atoms with Crippen LogP contribution >= 0.6 is 0 Å². The number of aliphatic hydroxyl groups excluding tert-OH is 2. The molecule has 0 unspecified atom stereocenters. The Bertz CT molecular complexity index is 1880. The smallest absolute Gasteiger partial charge is 0.407 e. The van der Waals surface area contributed by atoms with Gasteiger partial charge in [-0.05, 0) is 108 Å². The molecule has 382 valence electrons. The third-order valence-corrected chi connectivity index (χ3v) is 14.7. The molecule has 2 bridgehead atoms. The van der Waals surface area contributed by atoms with E-state index in [1.807, 2.05) is 39.0 Å². The zero-order valence-corrected chi connectivity index (χ0v) is 42.0. The lowest BCUT2D eigenvalue weighted by Gasteiger charge is -2.43. The minimum atomic E-state index is -2.53. The van der Waals surface area contributed by atoms with Crippen LogP contribution in [0, 0.1) is 35.5 Å². The second kappa shape index (κ2) is 26.2. The first-order valence-corrected chi connectivity index (χ1v) is 24.6. The first-order chi connectivity index (χ1) is 32.1. The van der Waals surface area contributed by atoms with Crippen LogP contribution in [0.15, 0.2) is 47.6 Å². The van der Waals surface area contributed by atoms with Gasteiger partial charge in [0.25, 0.3) is 11.7 Å². The van der Waals surface area contributed by atoms with Gasteiger partial charge in [0.05, 0.1) is 31.5 Å². The Hall–Kier alpha value is -4.06. The van der Waals surface area contributed by atoms with E-state index < -0.39 is 89.9 Å². The van der Waals surface area contributed by atoms with Crippen LogP contribution in [-0.4, -0.2) is 138 Å². The van der Waals surface area contributed by atoms with Crippen molar-refractivity contribution in [2.24, 2.45) is 35.5 Å². The Kier molecular flexibility index (Phi) is 21.8. The number of ether oxygens (including phenoxy) is 5. The highest BCUT2D eigenvalue weighted by Crippen LogP contribution is 2.37. The Morgan fingerprint density at radius 3 is 2.29 bits per heavy atom. The van der Waals surface area contributed by atoms with Gasteiger partial charge in [-0.25, -0.2) is 9.59 Å². The molecular weight excluding hydrogens is 877 g/mol. The molecule has 1 saturated carbocycles. The summed E-state index contributed by atoms with van der Waals surface area (Å²) < 4.78 is 28.4. The maximum atomic E-state index is 14.4. The number of aliphatic hydroxyl groups is 3. The molecule has 3 aliphatic heterocycles. The van der Waals surface area contributed by atoms with Gasteiger partial charge in [0, 0.05) is 44.9 Å². The fraction of sp³-hybridized carbons (Fsp3) is 0.731. The van der Waals surface area contributed by atoms with Crippen molar-refractivity contribution < 1.29 is 67.8 Å². The summed E-state index contributed by atoms with van der Waals surface area (Å²) in [5.41, 5.74) is 1.08. The maximum Gasteiger partial charge on any atom is 0.407 e. The zero-order valence-electron chi connectivity index (χ0n) is 42.0. The third kappa shape index (κ3) is 15.0. The van der Waals surface area contributed by atoms with Crippen LogP contribution in [0.5, 0.6) is 0 Å². The van der Waals surface area contributed by atoms with Crippen molar-refractivity contribution in [2.45, 2.75) is 180 Å². The van der Waals surface area contributed by atoms with Gasteiger partial charge < -0.3 is 49.2 Å². The van der Waals surface area contributed by atoms with Crippen LogP contribution in [0.2, 0.25) is 0 Å². The standard InChI is InChI=1S/C52H80N2O14/c1-30-16-12-11-13-17-31(2)39(53-51(62)66-10)28-38-21-19-36(7)52(63,68-38)48(59)49(60)54-23-15-14-18-40(54)50(61)67-43(33(4)26-37-20-22-41(55)44(27-37)64-8)29-42(56)32(3)25-35(6)46(58)47(65-9)45(57)34(5)24-30/h11-13,16-17,25,30,32-34,36-41,43-44,46-47,55,58,63H,14-15,18-24,26-29H2,1-10H3,(H,53,62)/b13-11?,16-12+,31-17?,35-25+/t30-,32-,33-,34-,36-,37+,38+,39+,40+,41-,43+,44-,46-,47+,52-/m1/s1. The van der Waals surface area contributed by atoms with Crippen LogP contribution in [0.3, 0.4) is 0 Å². The van der Waals surface area contributed by atoms with Crippen molar-refractivity contribution in [3.05, 3.63) is 47.6 Å². The molecular formula is C52H80N2O14. The Labute approximate surface area is 403 Å². The molecule has 0 aromatic carbocycles. The summed E-state index contributed by atoms with van der Waals surface area (Å²) >= 11 is 0. The van der Waals surface area contributed by atoms with Crippen LogP contribution < -0.4 is 5.32 Å². The summed E-state index contributed by atoms with van der Waals surface area (Å²) in [4.78, 5) is 84.6. The molecule has 0 aromatic rings. The highest BCUT2D eigenvalue weighted by Gasteiger charge is 2.53. The molecule has 0 spiro atoms. The monoisotopic (exact) mass is 957 g/mol. The van der Waals surface area contributed by atoms with Crippen molar-refractivity contribution in [3.63, 3.8) is 0 Å². The quantitative estimate of drug-likeness (QED) is 0.139. The van der Waals surface area contributed by atoms with E-state index in [0.29, 0.717) is 68.9 Å². The van der Waals surface area contributed by atoms with E-state index in [4.69, 9.17) is 23.7 Å². The van der Waals surface area contributed by atoms with Crippen molar-refractivity contribution in [1.29, 1.82) is 0 Å². The number of hydrogen-bond donors (Lipinski definition) is 4. The SMILES string of the molecule is COC(=O)N[C@H]1C[C@@H]2CC[C@@H](C)[C@@](O)(O2)C(=O)C(=O)N2CCCC[C@H]2C(=O)O[C@H]([C@H](C)C[C@@H]2CC[C@@H](O)[C@H](OC)C2)CC(=O)[C@H](C)/C=C(\C)[C@@H](O)[C@@H](OC)C(=O)[C@H](C)C[C@H](C)/C=C/C=CC=C1C. The first kappa shape index (κ1) is 56.5. The van der Waals surface area contributed by atoms with Crippen molar-refractivity contribution in [3.8, 4) is 0 Å². The average Bonchev–Trinajstić information content (AvgIpc) is 3.31. The molecule has 15 atom stereocenters. The highest BCUT2D eigenvalue weighted by atomic mass is 16.6. The van der Waals surface area contributed by atoms with Gasteiger partial charge in [0.15, 0.2) is 5.78 Å². The summed E-state index contributed by atoms with van der Waals surface area (Å²) in [7, 11) is 4.16. The molecule has 4 N–H and O–H groups in total. The normalized spacial score (nSPS) is 37.8. The molecule has 0 radical (unpaired) electrons. The number of carbonyl (C=O) groups excluding carboxylic acids is 6. The topological polar surface area (TPSA) is 225 Å². The Morgan fingerprint density at radius 1 is 0.897 bits per heavy atom. The van der Waals surface area contributed by atoms with Crippen molar-refractivity contribution in [2.75, 3.05) is 27.9 Å². The minimum absolute atomic E-state index is 0.0344. The summed E-state index contributed by atoms with van der Waals surface area (Å²) in [5, 5.41) is 36.8. The molecule has 16 heteroatoms. The number of amides is 2. The van der Waals surface area contributed by atoms with Gasteiger partial charge in [-0.15, -0.1) is 0 Å². The van der Waals surface area contributed by atoms with Crippen LogP contribution in [0.4, 0.5) is 4.79 Å². The van der Waals surface area contributed by atoms with E-state index in [1.165, 1.54) is 14.2 Å². The summed E-state index contributed by atoms with van der Waals surface area (Å²) in [6.45, 7) is 12.4. The van der Waals surface area contributed by atoms with E-state index in [-0.39, 0.29) is 61.2 Å². The lowest BCUT2D eigenvalue weighted by Crippen LogP contribution is -2.61. The number of alkyl carbamates (subject to hydrolysis) is 1. The van der Waals surface area contributed by atoms with Gasteiger partial charge in [0.2, 0.25) is 5.79 Å². The van der Waals surface area contributed by atoms with Gasteiger partial charge in [0.1, 0.15) is 30.1 Å². The zero-order chi connectivity index (χ0) is 50.5. The largest absolute Gasteiger partial charge is 0.460 e. The van der Waals surface area contributed by atoms with Gasteiger partial charge in [-0.3, -0.25) is 19.2 Å². The number of cyclic esters (lactones) is 1. The van der Waals surface area contributed by atoms with Gasteiger partial charge in [-0.2, -0.15) is 0 Å². The van der Waals surface area contributed by atoms with Crippen LogP contribution in [0.1, 0.15) is 126 Å². The molecule has 16 nitrogen and oxygen atoms in total. The second-order valence-electron chi connectivity index (χ2n) is 20.1. The van der Waals surface area contributed by atoms with E-state index in [9.17, 15) is 44.1 Å². The van der Waals surface area contributed by atoms with Gasteiger partial charge >= 0.3 is 12.1 Å². The second-order valence-corrected chi connectivity index (χ2v) is 20.1. The Morgan fingerprint density at radius 2 is 1.62 bits per heavy atom. The maximum absolute atomic E-state index is 14.4. The summed E-state index contributed by atoms with van der Waals surface area (Å²) in [5.74, 6) is -8.50. The number of ketones is 3. The molecule has 3 heterocycles. The minimum Gasteiger partial charge on any atom is -0.460 e. The average molecular weight is 957 g/mol. The number of nitrogens with one attached hydrogen (secondary N) is 1. The number of fused-ring (bicyclic) bond motifs is 3. The molecule has 4 aliphatic rings. The molecule has 2 amide bonds. The number of rotatable bonds is 6. The fourth-order valence-corrected chi connectivity index (χ4v) is 10.2. The van der Waals surface area contributed by atoms with Crippen molar-refractivity contribution >= 4 is 35.3 Å². The molecule has 1 aliphatic carbocycles. The van der Waals surface area contributed by atoms with Gasteiger partial charge in [-0.1, -0.05) is 76.6 Å². The first-order valence-electron chi connectivity index (χ1n) is 24.6. The number of allylic oxidation sites excluding steroid dienone is 6. The van der Waals surface area contributed by atoms with Crippen LogP contribution in [0.25, 0.3) is 0 Å². The van der Waals surface area contributed by atoms with E-state index in [2.05, 4.69) is 5.32 Å². The number of hydrogen-bond acceptors (Lipinski definition) is 14. The molecule has 68 heavy (non-hydrogen) atoms. The predicted molar refractivity (Wildman–Crippen MR) is 254 cm³/mol. The molecule has 4 rings (SSSR count). The van der Waals surface area contributed by atoms with E-state index in [1.54, 1.807) is 53.0 Å². The summed E-state index contributed by atoms with van der Waals surface area (Å²) in [6.07, 6.45) is 9.63. The molecule has 0 aromatic heterocycles. The lowest BCUT2D eigenvalue weighted by atomic mass is 9.78. The number of carbonyl (C=O) groups is 6. The van der Waals surface area contributed by atoms with E-state index >= 15 is 0 Å². The number of methoxy groups -OCH3 is 3. The fourth-order valence-electron chi connectivity index (χ4n) is 10.2. The number of Topliss-reactive ketones (excluding diaryl/α,β-unsaturated/α-hetero) is 3. The van der Waals surface area contributed by atoms with Crippen LogP contribution in [-0.2, 0) is 47.7 Å². The summed E-state index contributed by atoms with van der Waals surface area (Å²) in [6, 6.07) is -1.83. The highest BCUT2D eigenvalue weighted by molar-refractivity contribution is 6.39. The molecule has 2 saturated heterocycles. The number of nitrogens with zero attached hydrogens (tertiary/aromatic N) is 1.